The highest BCUT2D eigenvalue weighted by atomic mass is 16.4. The predicted molar refractivity (Wildman–Crippen MR) is 93.4 cm³/mol. The van der Waals surface area contributed by atoms with Crippen molar-refractivity contribution in [2.75, 3.05) is 13.1 Å². The number of aromatic nitrogens is 2. The van der Waals surface area contributed by atoms with Gasteiger partial charge in [0.15, 0.2) is 0 Å². The largest absolute Gasteiger partial charge is 0.481 e. The highest BCUT2D eigenvalue weighted by Gasteiger charge is 2.37. The van der Waals surface area contributed by atoms with E-state index in [0.29, 0.717) is 18.7 Å². The second kappa shape index (κ2) is 6.70. The summed E-state index contributed by atoms with van der Waals surface area (Å²) in [7, 11) is 0. The van der Waals surface area contributed by atoms with Crippen LogP contribution in [0.3, 0.4) is 0 Å². The molecule has 0 saturated carbocycles. The first kappa shape index (κ1) is 17.2. The Balaban J connectivity index is 1.76. The zero-order valence-electron chi connectivity index (χ0n) is 14.8. The minimum absolute atomic E-state index is 0.0284. The molecule has 2 aromatic rings. The number of aliphatic carboxylic acids is 1. The van der Waals surface area contributed by atoms with Gasteiger partial charge in [0.25, 0.3) is 5.91 Å². The second-order valence-corrected chi connectivity index (χ2v) is 6.92. The molecule has 132 valence electrons. The Morgan fingerprint density at radius 3 is 2.60 bits per heavy atom. The lowest BCUT2D eigenvalue weighted by Crippen LogP contribution is -2.30. The summed E-state index contributed by atoms with van der Waals surface area (Å²) >= 11 is 0. The van der Waals surface area contributed by atoms with Crippen molar-refractivity contribution in [3.8, 4) is 0 Å². The number of carbonyl (C=O) groups excluding carboxylic acids is 1. The Morgan fingerprint density at radius 1 is 1.24 bits per heavy atom. The number of amides is 1. The molecule has 1 aromatic carbocycles. The summed E-state index contributed by atoms with van der Waals surface area (Å²) in [6.07, 6.45) is 0. The summed E-state index contributed by atoms with van der Waals surface area (Å²) in [5.74, 6) is -1.45. The van der Waals surface area contributed by atoms with Crippen LogP contribution in [0.25, 0.3) is 0 Å². The predicted octanol–water partition coefficient (Wildman–Crippen LogP) is 2.34. The van der Waals surface area contributed by atoms with Crippen molar-refractivity contribution in [3.63, 3.8) is 0 Å². The molecular weight excluding hydrogens is 318 g/mol. The molecule has 0 bridgehead atoms. The van der Waals surface area contributed by atoms with Crippen LogP contribution in [0.4, 0.5) is 0 Å². The molecule has 1 saturated heterocycles. The topological polar surface area (TPSA) is 75.4 Å². The van der Waals surface area contributed by atoms with Crippen LogP contribution < -0.4 is 0 Å². The van der Waals surface area contributed by atoms with Gasteiger partial charge < -0.3 is 10.0 Å². The summed E-state index contributed by atoms with van der Waals surface area (Å²) in [6, 6.07) is 9.51. The van der Waals surface area contributed by atoms with Crippen LogP contribution in [0.2, 0.25) is 0 Å². The quantitative estimate of drug-likeness (QED) is 0.926. The van der Waals surface area contributed by atoms with E-state index in [1.54, 1.807) is 11.0 Å². The molecule has 6 heteroatoms. The molecule has 0 spiro atoms. The van der Waals surface area contributed by atoms with Crippen molar-refractivity contribution < 1.29 is 14.7 Å². The molecule has 1 N–H and O–H groups in total. The van der Waals surface area contributed by atoms with Crippen LogP contribution in [0.5, 0.6) is 0 Å². The van der Waals surface area contributed by atoms with Gasteiger partial charge in [-0.2, -0.15) is 5.10 Å². The van der Waals surface area contributed by atoms with Gasteiger partial charge in [-0.25, -0.2) is 0 Å². The van der Waals surface area contributed by atoms with Gasteiger partial charge in [-0.05, 0) is 43.5 Å². The van der Waals surface area contributed by atoms with E-state index in [1.165, 1.54) is 0 Å². The summed E-state index contributed by atoms with van der Waals surface area (Å²) in [5, 5.41) is 13.7. The maximum atomic E-state index is 12.7. The van der Waals surface area contributed by atoms with Gasteiger partial charge in [0.1, 0.15) is 0 Å². The fourth-order valence-corrected chi connectivity index (χ4v) is 3.45. The van der Waals surface area contributed by atoms with E-state index in [1.807, 2.05) is 49.7 Å². The van der Waals surface area contributed by atoms with E-state index < -0.39 is 11.9 Å². The molecule has 2 heterocycles. The first-order valence-corrected chi connectivity index (χ1v) is 8.47. The van der Waals surface area contributed by atoms with Crippen molar-refractivity contribution in [3.05, 3.63) is 52.8 Å². The van der Waals surface area contributed by atoms with E-state index in [9.17, 15) is 14.7 Å². The van der Waals surface area contributed by atoms with Gasteiger partial charge in [-0.15, -0.1) is 0 Å². The number of aryl methyl sites for hydroxylation is 2. The molecule has 0 aliphatic carbocycles. The molecule has 0 radical (unpaired) electrons. The maximum absolute atomic E-state index is 12.7. The first-order chi connectivity index (χ1) is 11.8. The number of likely N-dealkylation sites (tertiary alicyclic amines) is 1. The van der Waals surface area contributed by atoms with Gasteiger partial charge >= 0.3 is 5.97 Å². The number of nitrogens with zero attached hydrogens (tertiary/aromatic N) is 3. The molecule has 1 aliphatic rings. The standard InChI is InChI=1S/C19H23N3O3/c1-12-9-21(11-17(12)19(24)25)18(23)16-6-4-5-15(8-16)10-22-14(3)7-13(2)20-22/h4-8,12,17H,9-11H2,1-3H3,(H,24,25)/t12-,17-/m1/s1. The number of hydrogen-bond donors (Lipinski definition) is 1. The Bertz CT molecular complexity index is 812. The number of hydrogen-bond acceptors (Lipinski definition) is 3. The summed E-state index contributed by atoms with van der Waals surface area (Å²) in [4.78, 5) is 25.7. The lowest BCUT2D eigenvalue weighted by atomic mass is 9.99. The van der Waals surface area contributed by atoms with E-state index >= 15 is 0 Å². The molecule has 1 amide bonds. The van der Waals surface area contributed by atoms with E-state index in [-0.39, 0.29) is 18.4 Å². The maximum Gasteiger partial charge on any atom is 0.308 e. The molecule has 0 unspecified atom stereocenters. The number of carboxylic acid groups (broad SMARTS) is 1. The van der Waals surface area contributed by atoms with E-state index in [4.69, 9.17) is 0 Å². The average molecular weight is 341 g/mol. The normalized spacial score (nSPS) is 20.0. The molecule has 3 rings (SSSR count). The van der Waals surface area contributed by atoms with Gasteiger partial charge in [0.2, 0.25) is 0 Å². The van der Waals surface area contributed by atoms with Gasteiger partial charge in [0, 0.05) is 24.3 Å². The number of carboxylic acids is 1. The van der Waals surface area contributed by atoms with E-state index in [0.717, 1.165) is 17.0 Å². The third kappa shape index (κ3) is 3.57. The van der Waals surface area contributed by atoms with Crippen molar-refractivity contribution in [2.45, 2.75) is 27.3 Å². The summed E-state index contributed by atoms with van der Waals surface area (Å²) < 4.78 is 1.91. The van der Waals surface area contributed by atoms with Crippen LogP contribution in [0.1, 0.15) is 34.2 Å². The highest BCUT2D eigenvalue weighted by Crippen LogP contribution is 2.25. The van der Waals surface area contributed by atoms with Crippen molar-refractivity contribution in [1.82, 2.24) is 14.7 Å². The van der Waals surface area contributed by atoms with Crippen molar-refractivity contribution in [1.29, 1.82) is 0 Å². The Labute approximate surface area is 147 Å². The Hall–Kier alpha value is -2.63. The molecule has 1 fully saturated rings. The summed E-state index contributed by atoms with van der Waals surface area (Å²) in [6.45, 7) is 7.21. The van der Waals surface area contributed by atoms with Gasteiger partial charge in [0.05, 0.1) is 18.2 Å². The lowest BCUT2D eigenvalue weighted by molar-refractivity contribution is -0.142. The molecule has 25 heavy (non-hydrogen) atoms. The average Bonchev–Trinajstić information content (AvgIpc) is 3.09. The number of benzene rings is 1. The minimum atomic E-state index is -0.832. The van der Waals surface area contributed by atoms with Crippen LogP contribution in [-0.2, 0) is 11.3 Å². The van der Waals surface area contributed by atoms with Gasteiger partial charge in [-0.1, -0.05) is 19.1 Å². The Morgan fingerprint density at radius 2 is 2.00 bits per heavy atom. The van der Waals surface area contributed by atoms with Crippen LogP contribution in [0.15, 0.2) is 30.3 Å². The monoisotopic (exact) mass is 341 g/mol. The van der Waals surface area contributed by atoms with Crippen LogP contribution >= 0.6 is 0 Å². The number of carbonyl (C=O) groups is 2. The molecule has 1 aromatic heterocycles. The lowest BCUT2D eigenvalue weighted by Gasteiger charge is -2.16. The Kier molecular flexibility index (Phi) is 4.61. The molecule has 2 atom stereocenters. The minimum Gasteiger partial charge on any atom is -0.481 e. The van der Waals surface area contributed by atoms with E-state index in [2.05, 4.69) is 5.10 Å². The zero-order chi connectivity index (χ0) is 18.1. The summed E-state index contributed by atoms with van der Waals surface area (Å²) in [5.41, 5.74) is 3.64. The third-order valence-electron chi connectivity index (χ3n) is 4.83. The second-order valence-electron chi connectivity index (χ2n) is 6.92. The fourth-order valence-electron chi connectivity index (χ4n) is 3.45. The van der Waals surface area contributed by atoms with Crippen LogP contribution in [0, 0.1) is 25.7 Å². The number of rotatable bonds is 4. The third-order valence-corrected chi connectivity index (χ3v) is 4.83. The smallest absolute Gasteiger partial charge is 0.308 e. The first-order valence-electron chi connectivity index (χ1n) is 8.47. The van der Waals surface area contributed by atoms with Gasteiger partial charge in [-0.3, -0.25) is 14.3 Å². The van der Waals surface area contributed by atoms with Crippen LogP contribution in [-0.4, -0.2) is 44.8 Å². The SMILES string of the molecule is Cc1cc(C)n(Cc2cccc(C(=O)N3C[C@@H](C)[C@H](C(=O)O)C3)c2)n1. The highest BCUT2D eigenvalue weighted by molar-refractivity contribution is 5.95. The van der Waals surface area contributed by atoms with Crippen molar-refractivity contribution >= 4 is 11.9 Å². The fraction of sp³-hybridized carbons (Fsp3) is 0.421. The molecule has 6 nitrogen and oxygen atoms in total. The zero-order valence-corrected chi connectivity index (χ0v) is 14.8. The molecular formula is C19H23N3O3. The molecule has 1 aliphatic heterocycles. The van der Waals surface area contributed by atoms with Crippen molar-refractivity contribution in [2.24, 2.45) is 11.8 Å².